The number of rotatable bonds is 6. The molecule has 0 saturated carbocycles. The molecule has 0 spiro atoms. The molecular formula is C16H26NO+. The highest BCUT2D eigenvalue weighted by Gasteiger charge is 2.12. The Kier molecular flexibility index (Phi) is 5.53. The number of hydrogen-bond acceptors (Lipinski definition) is 1. The summed E-state index contributed by atoms with van der Waals surface area (Å²) in [5.41, 5.74) is 1.24. The lowest BCUT2D eigenvalue weighted by atomic mass is 10.1. The zero-order valence-corrected chi connectivity index (χ0v) is 11.6. The van der Waals surface area contributed by atoms with Crippen LogP contribution in [0.1, 0.15) is 37.7 Å². The largest absolute Gasteiger partial charge is 0.493 e. The maximum atomic E-state index is 5.82. The third-order valence-electron chi connectivity index (χ3n) is 3.84. The first kappa shape index (κ1) is 13.4. The molecule has 0 aliphatic carbocycles. The number of likely N-dealkylation sites (tertiary alicyclic amines) is 1. The van der Waals surface area contributed by atoms with E-state index in [-0.39, 0.29) is 0 Å². The highest BCUT2D eigenvalue weighted by Crippen LogP contribution is 2.16. The zero-order valence-electron chi connectivity index (χ0n) is 11.6. The Morgan fingerprint density at radius 2 is 1.83 bits per heavy atom. The minimum absolute atomic E-state index is 0.859. The monoisotopic (exact) mass is 248 g/mol. The van der Waals surface area contributed by atoms with Crippen LogP contribution in [0.4, 0.5) is 0 Å². The molecule has 1 N–H and O–H groups in total. The van der Waals surface area contributed by atoms with Crippen molar-refractivity contribution in [2.45, 2.75) is 39.0 Å². The number of para-hydroxylation sites is 1. The van der Waals surface area contributed by atoms with E-state index < -0.39 is 0 Å². The molecule has 1 saturated heterocycles. The lowest BCUT2D eigenvalue weighted by molar-refractivity contribution is -0.905. The molecule has 1 aliphatic rings. The molecule has 0 unspecified atom stereocenters. The van der Waals surface area contributed by atoms with Crippen molar-refractivity contribution in [2.75, 3.05) is 26.2 Å². The van der Waals surface area contributed by atoms with Gasteiger partial charge in [-0.1, -0.05) is 18.2 Å². The first-order valence-electron chi connectivity index (χ1n) is 7.38. The number of quaternary nitrogens is 1. The Labute approximate surface area is 111 Å². The lowest BCUT2D eigenvalue weighted by Gasteiger charge is -2.23. The fourth-order valence-corrected chi connectivity index (χ4v) is 2.68. The van der Waals surface area contributed by atoms with Crippen molar-refractivity contribution in [2.24, 2.45) is 0 Å². The molecule has 1 aliphatic heterocycles. The Morgan fingerprint density at radius 1 is 1.06 bits per heavy atom. The van der Waals surface area contributed by atoms with Gasteiger partial charge in [0.05, 0.1) is 26.2 Å². The van der Waals surface area contributed by atoms with Crippen LogP contribution in [0, 0.1) is 6.92 Å². The molecule has 100 valence electrons. The molecule has 0 radical (unpaired) electrons. The van der Waals surface area contributed by atoms with Crippen molar-refractivity contribution in [3.63, 3.8) is 0 Å². The van der Waals surface area contributed by atoms with Gasteiger partial charge in [-0.05, 0) is 50.7 Å². The molecule has 18 heavy (non-hydrogen) atoms. The fraction of sp³-hybridized carbons (Fsp3) is 0.625. The van der Waals surface area contributed by atoms with E-state index in [9.17, 15) is 0 Å². The summed E-state index contributed by atoms with van der Waals surface area (Å²) in [6, 6.07) is 8.26. The average molecular weight is 248 g/mol. The van der Waals surface area contributed by atoms with Crippen molar-refractivity contribution in [3.05, 3.63) is 29.8 Å². The first-order chi connectivity index (χ1) is 8.86. The molecular weight excluding hydrogens is 222 g/mol. The van der Waals surface area contributed by atoms with Crippen LogP contribution in [0.25, 0.3) is 0 Å². The normalized spacial score (nSPS) is 16.7. The van der Waals surface area contributed by atoms with E-state index in [1.807, 2.05) is 6.07 Å². The van der Waals surface area contributed by atoms with Crippen LogP contribution in [0.2, 0.25) is 0 Å². The molecule has 2 nitrogen and oxygen atoms in total. The van der Waals surface area contributed by atoms with Crippen molar-refractivity contribution < 1.29 is 9.64 Å². The summed E-state index contributed by atoms with van der Waals surface area (Å²) in [6.45, 7) is 7.07. The van der Waals surface area contributed by atoms with Crippen LogP contribution < -0.4 is 9.64 Å². The number of hydrogen-bond donors (Lipinski definition) is 1. The zero-order chi connectivity index (χ0) is 12.6. The molecule has 1 aromatic carbocycles. The van der Waals surface area contributed by atoms with Gasteiger partial charge in [-0.3, -0.25) is 0 Å². The van der Waals surface area contributed by atoms with Crippen molar-refractivity contribution in [1.82, 2.24) is 0 Å². The van der Waals surface area contributed by atoms with E-state index in [0.29, 0.717) is 0 Å². The predicted molar refractivity (Wildman–Crippen MR) is 75.3 cm³/mol. The van der Waals surface area contributed by atoms with E-state index >= 15 is 0 Å². The molecule has 1 heterocycles. The van der Waals surface area contributed by atoms with Crippen LogP contribution in [0.15, 0.2) is 24.3 Å². The highest BCUT2D eigenvalue weighted by atomic mass is 16.5. The van der Waals surface area contributed by atoms with Crippen LogP contribution in [-0.4, -0.2) is 26.2 Å². The first-order valence-corrected chi connectivity index (χ1v) is 7.38. The Hall–Kier alpha value is -1.02. The van der Waals surface area contributed by atoms with Crippen LogP contribution in [-0.2, 0) is 0 Å². The summed E-state index contributed by atoms with van der Waals surface area (Å²) in [5, 5.41) is 0. The molecule has 2 rings (SSSR count). The summed E-state index contributed by atoms with van der Waals surface area (Å²) >= 11 is 0. The quantitative estimate of drug-likeness (QED) is 0.762. The second-order valence-corrected chi connectivity index (χ2v) is 5.38. The number of aryl methyl sites for hydroxylation is 1. The molecule has 1 aromatic rings. The predicted octanol–water partition coefficient (Wildman–Crippen LogP) is 2.22. The number of nitrogens with one attached hydrogen (secondary N) is 1. The van der Waals surface area contributed by atoms with Gasteiger partial charge in [0.2, 0.25) is 0 Å². The van der Waals surface area contributed by atoms with Crippen molar-refractivity contribution in [3.8, 4) is 5.75 Å². The maximum absolute atomic E-state index is 5.82. The maximum Gasteiger partial charge on any atom is 0.122 e. The van der Waals surface area contributed by atoms with Gasteiger partial charge in [-0.25, -0.2) is 0 Å². The Bertz CT molecular complexity index is 345. The summed E-state index contributed by atoms with van der Waals surface area (Å²) < 4.78 is 5.82. The summed E-state index contributed by atoms with van der Waals surface area (Å²) in [7, 11) is 0. The molecule has 0 atom stereocenters. The van der Waals surface area contributed by atoms with E-state index in [4.69, 9.17) is 4.74 Å². The van der Waals surface area contributed by atoms with E-state index in [0.717, 1.165) is 12.4 Å². The second-order valence-electron chi connectivity index (χ2n) is 5.38. The van der Waals surface area contributed by atoms with E-state index in [1.54, 1.807) is 4.90 Å². The van der Waals surface area contributed by atoms with Crippen molar-refractivity contribution >= 4 is 0 Å². The van der Waals surface area contributed by atoms with Gasteiger partial charge < -0.3 is 9.64 Å². The number of benzene rings is 1. The third-order valence-corrected chi connectivity index (χ3v) is 3.84. The average Bonchev–Trinajstić information content (AvgIpc) is 2.42. The Morgan fingerprint density at radius 3 is 2.61 bits per heavy atom. The van der Waals surface area contributed by atoms with Crippen LogP contribution >= 0.6 is 0 Å². The van der Waals surface area contributed by atoms with Gasteiger partial charge in [0.15, 0.2) is 0 Å². The van der Waals surface area contributed by atoms with E-state index in [1.165, 1.54) is 57.3 Å². The molecule has 0 amide bonds. The standard InChI is InChI=1S/C16H25NO/c1-15-9-3-4-10-16(15)18-14-8-7-13-17-11-5-2-6-12-17/h3-4,9-10H,2,5-8,11-14H2,1H3/p+1. The summed E-state index contributed by atoms with van der Waals surface area (Å²) in [6.07, 6.45) is 6.77. The number of ether oxygens (including phenoxy) is 1. The minimum Gasteiger partial charge on any atom is -0.493 e. The van der Waals surface area contributed by atoms with Crippen LogP contribution in [0.3, 0.4) is 0 Å². The number of piperidine rings is 1. The molecule has 1 fully saturated rings. The summed E-state index contributed by atoms with van der Waals surface area (Å²) in [5.74, 6) is 1.04. The SMILES string of the molecule is Cc1ccccc1OCCCC[NH+]1CCCCC1. The van der Waals surface area contributed by atoms with Crippen molar-refractivity contribution in [1.29, 1.82) is 0 Å². The second kappa shape index (κ2) is 7.42. The van der Waals surface area contributed by atoms with Gasteiger partial charge in [-0.2, -0.15) is 0 Å². The van der Waals surface area contributed by atoms with Crippen LogP contribution in [0.5, 0.6) is 5.75 Å². The van der Waals surface area contributed by atoms with Gasteiger partial charge in [-0.15, -0.1) is 0 Å². The Balaban J connectivity index is 1.57. The van der Waals surface area contributed by atoms with Gasteiger partial charge in [0.1, 0.15) is 5.75 Å². The summed E-state index contributed by atoms with van der Waals surface area (Å²) in [4.78, 5) is 1.80. The fourth-order valence-electron chi connectivity index (χ4n) is 2.68. The minimum atomic E-state index is 0.859. The van der Waals surface area contributed by atoms with Gasteiger partial charge in [0, 0.05) is 0 Å². The smallest absolute Gasteiger partial charge is 0.122 e. The van der Waals surface area contributed by atoms with E-state index in [2.05, 4.69) is 25.1 Å². The van der Waals surface area contributed by atoms with Gasteiger partial charge >= 0.3 is 0 Å². The third kappa shape index (κ3) is 4.34. The molecule has 0 aromatic heterocycles. The highest BCUT2D eigenvalue weighted by molar-refractivity contribution is 5.31. The number of unbranched alkanes of at least 4 members (excludes halogenated alkanes) is 1. The van der Waals surface area contributed by atoms with Gasteiger partial charge in [0.25, 0.3) is 0 Å². The molecule has 0 bridgehead atoms. The topological polar surface area (TPSA) is 13.7 Å². The molecule has 2 heteroatoms. The lowest BCUT2D eigenvalue weighted by Crippen LogP contribution is -3.12.